The number of benzene rings is 2. The highest BCUT2D eigenvalue weighted by Gasteiger charge is 2.24. The summed E-state index contributed by atoms with van der Waals surface area (Å²) in [6.07, 6.45) is 1.16. The number of nitriles is 1. The van der Waals surface area contributed by atoms with Crippen molar-refractivity contribution in [1.29, 1.82) is 5.26 Å². The number of halogens is 1. The van der Waals surface area contributed by atoms with Gasteiger partial charge >= 0.3 is 0 Å². The molecule has 2 aromatic rings. The number of carbonyl (C=O) groups excluding carboxylic acids is 1. The molecule has 1 aliphatic rings. The van der Waals surface area contributed by atoms with Gasteiger partial charge in [0.05, 0.1) is 18.2 Å². The van der Waals surface area contributed by atoms with Crippen LogP contribution in [0.2, 0.25) is 0 Å². The van der Waals surface area contributed by atoms with E-state index in [-0.39, 0.29) is 12.5 Å². The summed E-state index contributed by atoms with van der Waals surface area (Å²) in [5.41, 5.74) is 2.88. The average molecular weight is 280 g/mol. The van der Waals surface area contributed by atoms with Gasteiger partial charge in [0.25, 0.3) is 0 Å². The first-order valence-corrected chi connectivity index (χ1v) is 6.76. The van der Waals surface area contributed by atoms with E-state index in [1.807, 2.05) is 30.3 Å². The predicted molar refractivity (Wildman–Crippen MR) is 77.1 cm³/mol. The first-order valence-electron chi connectivity index (χ1n) is 6.76. The lowest BCUT2D eigenvalue weighted by Crippen LogP contribution is -2.34. The summed E-state index contributed by atoms with van der Waals surface area (Å²) in [5, 5.41) is 9.12. The second-order valence-electron chi connectivity index (χ2n) is 5.02. The van der Waals surface area contributed by atoms with Crippen LogP contribution in [0.15, 0.2) is 42.5 Å². The van der Waals surface area contributed by atoms with Crippen LogP contribution in [0.4, 0.5) is 10.1 Å². The molecule has 0 saturated carbocycles. The Balaban J connectivity index is 2.00. The number of carbonyl (C=O) groups is 1. The molecule has 0 fully saturated rings. The standard InChI is InChI=1S/C17H13FN2O/c18-15-7-5-13(10-19)14(9-15)11-20-16-4-2-1-3-12(16)6-8-17(20)21/h1-5,7,9H,6,8,11H2. The molecule has 0 spiro atoms. The molecule has 0 unspecified atom stereocenters. The Labute approximate surface area is 122 Å². The van der Waals surface area contributed by atoms with Crippen molar-refractivity contribution < 1.29 is 9.18 Å². The van der Waals surface area contributed by atoms with E-state index in [0.717, 1.165) is 17.7 Å². The third kappa shape index (κ3) is 2.50. The highest BCUT2D eigenvalue weighted by Crippen LogP contribution is 2.29. The highest BCUT2D eigenvalue weighted by molar-refractivity contribution is 5.96. The zero-order chi connectivity index (χ0) is 14.8. The van der Waals surface area contributed by atoms with Gasteiger partial charge in [-0.15, -0.1) is 0 Å². The molecule has 0 N–H and O–H groups in total. The molecule has 0 atom stereocenters. The van der Waals surface area contributed by atoms with E-state index < -0.39 is 5.82 Å². The SMILES string of the molecule is N#Cc1ccc(F)cc1CN1C(=O)CCc2ccccc21. The molecular formula is C17H13FN2O. The zero-order valence-corrected chi connectivity index (χ0v) is 11.3. The smallest absolute Gasteiger partial charge is 0.227 e. The minimum Gasteiger partial charge on any atom is -0.308 e. The number of rotatable bonds is 2. The maximum absolute atomic E-state index is 13.4. The maximum atomic E-state index is 13.4. The van der Waals surface area contributed by atoms with Gasteiger partial charge < -0.3 is 4.90 Å². The topological polar surface area (TPSA) is 44.1 Å². The van der Waals surface area contributed by atoms with Crippen molar-refractivity contribution in [3.8, 4) is 6.07 Å². The Morgan fingerprint density at radius 1 is 1.19 bits per heavy atom. The molecule has 4 heteroatoms. The van der Waals surface area contributed by atoms with E-state index in [4.69, 9.17) is 5.26 Å². The Hall–Kier alpha value is -2.67. The van der Waals surface area contributed by atoms with E-state index in [1.54, 1.807) is 4.90 Å². The molecular weight excluding hydrogens is 267 g/mol. The van der Waals surface area contributed by atoms with Gasteiger partial charge in [-0.25, -0.2) is 4.39 Å². The van der Waals surface area contributed by atoms with E-state index >= 15 is 0 Å². The van der Waals surface area contributed by atoms with Crippen molar-refractivity contribution >= 4 is 11.6 Å². The average Bonchev–Trinajstić information content (AvgIpc) is 2.50. The van der Waals surface area contributed by atoms with Crippen LogP contribution < -0.4 is 4.90 Å². The molecule has 2 aromatic carbocycles. The molecule has 0 radical (unpaired) electrons. The second-order valence-corrected chi connectivity index (χ2v) is 5.02. The zero-order valence-electron chi connectivity index (χ0n) is 11.3. The Kier molecular flexibility index (Phi) is 3.41. The fraction of sp³-hybridized carbons (Fsp3) is 0.176. The molecule has 0 aliphatic carbocycles. The third-order valence-corrected chi connectivity index (χ3v) is 3.71. The lowest BCUT2D eigenvalue weighted by Gasteiger charge is -2.29. The first-order chi connectivity index (χ1) is 10.2. The molecule has 3 nitrogen and oxygen atoms in total. The minimum atomic E-state index is -0.401. The van der Waals surface area contributed by atoms with Crippen LogP contribution >= 0.6 is 0 Å². The van der Waals surface area contributed by atoms with Gasteiger partial charge in [-0.3, -0.25) is 4.79 Å². The molecule has 1 aliphatic heterocycles. The summed E-state index contributed by atoms with van der Waals surface area (Å²) in [5.74, 6) is -0.399. The van der Waals surface area contributed by atoms with Crippen LogP contribution in [-0.4, -0.2) is 5.91 Å². The molecule has 3 rings (SSSR count). The van der Waals surface area contributed by atoms with Crippen molar-refractivity contribution in [3.05, 3.63) is 65.0 Å². The normalized spacial score (nSPS) is 13.7. The number of aryl methyl sites for hydroxylation is 1. The number of anilines is 1. The summed E-state index contributed by atoms with van der Waals surface area (Å²) < 4.78 is 13.4. The number of para-hydroxylation sites is 1. The summed E-state index contributed by atoms with van der Waals surface area (Å²) >= 11 is 0. The first kappa shape index (κ1) is 13.3. The van der Waals surface area contributed by atoms with Crippen LogP contribution in [0.25, 0.3) is 0 Å². The molecule has 1 heterocycles. The third-order valence-electron chi connectivity index (χ3n) is 3.71. The molecule has 104 valence electrons. The fourth-order valence-electron chi connectivity index (χ4n) is 2.64. The summed E-state index contributed by atoms with van der Waals surface area (Å²) in [7, 11) is 0. The Bertz CT molecular complexity index is 749. The summed E-state index contributed by atoms with van der Waals surface area (Å²) in [6.45, 7) is 0.219. The van der Waals surface area contributed by atoms with E-state index in [0.29, 0.717) is 17.5 Å². The molecule has 1 amide bonds. The van der Waals surface area contributed by atoms with Crippen LogP contribution in [0, 0.1) is 17.1 Å². The largest absolute Gasteiger partial charge is 0.308 e. The lowest BCUT2D eigenvalue weighted by atomic mass is 9.99. The second kappa shape index (κ2) is 5.37. The van der Waals surface area contributed by atoms with Gasteiger partial charge in [0.2, 0.25) is 5.91 Å². The molecule has 0 saturated heterocycles. The van der Waals surface area contributed by atoms with Crippen molar-refractivity contribution in [3.63, 3.8) is 0 Å². The number of hydrogen-bond donors (Lipinski definition) is 0. The Morgan fingerprint density at radius 2 is 2.00 bits per heavy atom. The van der Waals surface area contributed by atoms with Crippen molar-refractivity contribution in [2.75, 3.05) is 4.90 Å². The summed E-state index contributed by atoms with van der Waals surface area (Å²) in [4.78, 5) is 13.8. The minimum absolute atomic E-state index is 0.00171. The quantitative estimate of drug-likeness (QED) is 0.848. The lowest BCUT2D eigenvalue weighted by molar-refractivity contribution is -0.119. The fourth-order valence-corrected chi connectivity index (χ4v) is 2.64. The molecule has 0 bridgehead atoms. The van der Waals surface area contributed by atoms with Crippen LogP contribution in [0.1, 0.15) is 23.1 Å². The van der Waals surface area contributed by atoms with E-state index in [9.17, 15) is 9.18 Å². The van der Waals surface area contributed by atoms with Crippen molar-refractivity contribution in [1.82, 2.24) is 0 Å². The van der Waals surface area contributed by atoms with Crippen LogP contribution in [-0.2, 0) is 17.8 Å². The van der Waals surface area contributed by atoms with E-state index in [2.05, 4.69) is 0 Å². The summed E-state index contributed by atoms with van der Waals surface area (Å²) in [6, 6.07) is 13.8. The van der Waals surface area contributed by atoms with Gasteiger partial charge in [-0.1, -0.05) is 18.2 Å². The van der Waals surface area contributed by atoms with Gasteiger partial charge in [-0.05, 0) is 41.8 Å². The molecule has 0 aromatic heterocycles. The monoisotopic (exact) mass is 280 g/mol. The predicted octanol–water partition coefficient (Wildman–Crippen LogP) is 3.18. The maximum Gasteiger partial charge on any atom is 0.227 e. The van der Waals surface area contributed by atoms with Gasteiger partial charge in [0.15, 0.2) is 0 Å². The van der Waals surface area contributed by atoms with Crippen molar-refractivity contribution in [2.45, 2.75) is 19.4 Å². The van der Waals surface area contributed by atoms with Gasteiger partial charge in [0, 0.05) is 12.1 Å². The highest BCUT2D eigenvalue weighted by atomic mass is 19.1. The number of fused-ring (bicyclic) bond motifs is 1. The van der Waals surface area contributed by atoms with Crippen LogP contribution in [0.5, 0.6) is 0 Å². The van der Waals surface area contributed by atoms with Gasteiger partial charge in [0.1, 0.15) is 5.82 Å². The Morgan fingerprint density at radius 3 is 2.81 bits per heavy atom. The van der Waals surface area contributed by atoms with Crippen molar-refractivity contribution in [2.24, 2.45) is 0 Å². The number of hydrogen-bond acceptors (Lipinski definition) is 2. The van der Waals surface area contributed by atoms with Gasteiger partial charge in [-0.2, -0.15) is 5.26 Å². The number of amides is 1. The van der Waals surface area contributed by atoms with Crippen LogP contribution in [0.3, 0.4) is 0 Å². The number of nitrogens with zero attached hydrogens (tertiary/aromatic N) is 2. The molecule has 21 heavy (non-hydrogen) atoms. The van der Waals surface area contributed by atoms with E-state index in [1.165, 1.54) is 18.2 Å².